The number of benzene rings is 3. The average molecular weight is 397 g/mol. The molecule has 0 atom stereocenters. The number of rotatable bonds is 7. The second-order valence-corrected chi connectivity index (χ2v) is 6.23. The fourth-order valence-electron chi connectivity index (χ4n) is 2.80. The Hall–Kier alpha value is -3.18. The number of hydrogen-bond donors (Lipinski definition) is 1. The number of methoxy groups -OCH3 is 2. The first kappa shape index (κ1) is 19.6. The second kappa shape index (κ2) is 9.15. The summed E-state index contributed by atoms with van der Waals surface area (Å²) in [6, 6.07) is 23.2. The maximum absolute atomic E-state index is 11.5. The van der Waals surface area contributed by atoms with Crippen molar-refractivity contribution in [2.45, 2.75) is 0 Å². The summed E-state index contributed by atoms with van der Waals surface area (Å²) in [6.45, 7) is 0. The summed E-state index contributed by atoms with van der Waals surface area (Å²) in [5.74, 6) is 1.26. The third-order valence-electron chi connectivity index (χ3n) is 4.19. The van der Waals surface area contributed by atoms with Crippen molar-refractivity contribution in [2.24, 2.45) is 0 Å². The van der Waals surface area contributed by atoms with Gasteiger partial charge in [0.1, 0.15) is 17.4 Å². The van der Waals surface area contributed by atoms with Gasteiger partial charge in [0, 0.05) is 22.7 Å². The molecule has 1 N–H and O–H groups in total. The third kappa shape index (κ3) is 4.56. The molecular formula is C22H21ClN2O3. The number of hydrogen-bond acceptors (Lipinski definition) is 4. The molecule has 0 heterocycles. The molecule has 0 aliphatic heterocycles. The molecule has 0 aliphatic carbocycles. The third-order valence-corrected chi connectivity index (χ3v) is 4.43. The van der Waals surface area contributed by atoms with Crippen molar-refractivity contribution in [3.8, 4) is 11.5 Å². The Labute approximate surface area is 169 Å². The Balaban J connectivity index is 1.98. The highest BCUT2D eigenvalue weighted by atomic mass is 35.5. The maximum Gasteiger partial charge on any atom is 0.239 e. The van der Waals surface area contributed by atoms with Crippen molar-refractivity contribution in [2.75, 3.05) is 30.3 Å². The van der Waals surface area contributed by atoms with Crippen molar-refractivity contribution in [1.29, 1.82) is 0 Å². The van der Waals surface area contributed by atoms with E-state index in [0.29, 0.717) is 5.69 Å². The molecule has 0 saturated heterocycles. The van der Waals surface area contributed by atoms with Crippen molar-refractivity contribution >= 4 is 40.3 Å². The summed E-state index contributed by atoms with van der Waals surface area (Å²) in [6.07, 6.45) is 0. The van der Waals surface area contributed by atoms with Crippen LogP contribution < -0.4 is 19.7 Å². The van der Waals surface area contributed by atoms with E-state index >= 15 is 0 Å². The van der Waals surface area contributed by atoms with Crippen molar-refractivity contribution in [3.63, 3.8) is 0 Å². The van der Waals surface area contributed by atoms with E-state index in [-0.39, 0.29) is 11.8 Å². The summed E-state index contributed by atoms with van der Waals surface area (Å²) in [4.78, 5) is 13.6. The molecule has 0 radical (unpaired) electrons. The first-order valence-corrected chi connectivity index (χ1v) is 9.22. The Morgan fingerprint density at radius 1 is 0.786 bits per heavy atom. The topological polar surface area (TPSA) is 50.8 Å². The smallest absolute Gasteiger partial charge is 0.239 e. The van der Waals surface area contributed by atoms with Crippen LogP contribution in [0.1, 0.15) is 0 Å². The molecule has 0 fully saturated rings. The molecule has 0 saturated carbocycles. The van der Waals surface area contributed by atoms with Crippen LogP contribution in [0.3, 0.4) is 0 Å². The number of amides is 1. The maximum atomic E-state index is 11.5. The van der Waals surface area contributed by atoms with Crippen LogP contribution in [0.25, 0.3) is 0 Å². The standard InChI is InChI=1S/C22H21ClN2O3/c1-27-20-11-7-18(8-12-20)25(19-9-13-21(28-2)14-10-19)17-5-3-16(4-6-17)24-22(26)15-23/h3-14H,15H2,1-2H3,(H,24,26). The van der Waals surface area contributed by atoms with Gasteiger partial charge in [0.25, 0.3) is 0 Å². The van der Waals surface area contributed by atoms with Crippen LogP contribution in [-0.2, 0) is 4.79 Å². The average Bonchev–Trinajstić information content (AvgIpc) is 2.76. The molecule has 0 bridgehead atoms. The molecule has 0 spiro atoms. The van der Waals surface area contributed by atoms with Crippen LogP contribution in [0.15, 0.2) is 72.8 Å². The van der Waals surface area contributed by atoms with E-state index < -0.39 is 0 Å². The quantitative estimate of drug-likeness (QED) is 0.547. The molecule has 0 unspecified atom stereocenters. The van der Waals surface area contributed by atoms with Crippen LogP contribution in [0.5, 0.6) is 11.5 Å². The van der Waals surface area contributed by atoms with Gasteiger partial charge in [-0.25, -0.2) is 0 Å². The zero-order valence-corrected chi connectivity index (χ0v) is 16.4. The van der Waals surface area contributed by atoms with Crippen LogP contribution in [0.4, 0.5) is 22.7 Å². The van der Waals surface area contributed by atoms with E-state index in [1.807, 2.05) is 72.8 Å². The SMILES string of the molecule is COc1ccc(N(c2ccc(NC(=O)CCl)cc2)c2ccc(OC)cc2)cc1. The highest BCUT2D eigenvalue weighted by molar-refractivity contribution is 6.29. The number of carbonyl (C=O) groups is 1. The van der Waals surface area contributed by atoms with Crippen LogP contribution in [0.2, 0.25) is 0 Å². The molecule has 3 aromatic carbocycles. The van der Waals surface area contributed by atoms with Gasteiger partial charge in [-0.15, -0.1) is 11.6 Å². The lowest BCUT2D eigenvalue weighted by molar-refractivity contribution is -0.113. The Morgan fingerprint density at radius 2 is 1.18 bits per heavy atom. The van der Waals surface area contributed by atoms with E-state index in [1.54, 1.807) is 14.2 Å². The lowest BCUT2D eigenvalue weighted by atomic mass is 10.1. The highest BCUT2D eigenvalue weighted by Crippen LogP contribution is 2.36. The minimum Gasteiger partial charge on any atom is -0.497 e. The van der Waals surface area contributed by atoms with Gasteiger partial charge in [0.15, 0.2) is 0 Å². The lowest BCUT2D eigenvalue weighted by Gasteiger charge is -2.26. The minimum absolute atomic E-state index is 0.0778. The predicted molar refractivity (Wildman–Crippen MR) is 114 cm³/mol. The number of ether oxygens (including phenoxy) is 2. The monoisotopic (exact) mass is 396 g/mol. The molecule has 28 heavy (non-hydrogen) atoms. The summed E-state index contributed by atoms with van der Waals surface area (Å²) in [5, 5.41) is 2.74. The Morgan fingerprint density at radius 3 is 1.54 bits per heavy atom. The summed E-state index contributed by atoms with van der Waals surface area (Å²) < 4.78 is 10.5. The Kier molecular flexibility index (Phi) is 6.40. The van der Waals surface area contributed by atoms with Crippen LogP contribution in [0, 0.1) is 0 Å². The number of nitrogens with one attached hydrogen (secondary N) is 1. The minimum atomic E-state index is -0.239. The molecule has 6 heteroatoms. The first-order valence-electron chi connectivity index (χ1n) is 8.68. The molecule has 3 aromatic rings. The van der Waals surface area contributed by atoms with Gasteiger partial charge in [-0.05, 0) is 72.8 Å². The number of halogens is 1. The molecule has 1 amide bonds. The normalized spacial score (nSPS) is 10.2. The van der Waals surface area contributed by atoms with Gasteiger partial charge in [0.05, 0.1) is 14.2 Å². The Bertz CT molecular complexity index is 863. The van der Waals surface area contributed by atoms with Gasteiger partial charge in [0.2, 0.25) is 5.91 Å². The van der Waals surface area contributed by atoms with E-state index in [4.69, 9.17) is 21.1 Å². The summed E-state index contributed by atoms with van der Waals surface area (Å²) in [7, 11) is 3.29. The van der Waals surface area contributed by atoms with E-state index in [2.05, 4.69) is 10.2 Å². The molecule has 3 rings (SSSR count). The van der Waals surface area contributed by atoms with Gasteiger partial charge in [-0.1, -0.05) is 0 Å². The zero-order chi connectivity index (χ0) is 19.9. The predicted octanol–water partition coefficient (Wildman–Crippen LogP) is 5.35. The molecule has 144 valence electrons. The fraction of sp³-hybridized carbons (Fsp3) is 0.136. The summed E-state index contributed by atoms with van der Waals surface area (Å²) >= 11 is 5.55. The number of anilines is 4. The van der Waals surface area contributed by atoms with Crippen molar-refractivity contribution in [3.05, 3.63) is 72.8 Å². The number of nitrogens with zero attached hydrogens (tertiary/aromatic N) is 1. The number of alkyl halides is 1. The van der Waals surface area contributed by atoms with Gasteiger partial charge in [-0.2, -0.15) is 0 Å². The van der Waals surface area contributed by atoms with Crippen molar-refractivity contribution in [1.82, 2.24) is 0 Å². The molecule has 0 aliphatic rings. The van der Waals surface area contributed by atoms with E-state index in [9.17, 15) is 4.79 Å². The lowest BCUT2D eigenvalue weighted by Crippen LogP contribution is -2.13. The number of carbonyl (C=O) groups excluding carboxylic acids is 1. The van der Waals surface area contributed by atoms with Crippen LogP contribution >= 0.6 is 11.6 Å². The zero-order valence-electron chi connectivity index (χ0n) is 15.7. The first-order chi connectivity index (χ1) is 13.6. The summed E-state index contributed by atoms with van der Waals surface area (Å²) in [5.41, 5.74) is 3.59. The van der Waals surface area contributed by atoms with Crippen molar-refractivity contribution < 1.29 is 14.3 Å². The van der Waals surface area contributed by atoms with E-state index in [0.717, 1.165) is 28.6 Å². The fourth-order valence-corrected chi connectivity index (χ4v) is 2.86. The van der Waals surface area contributed by atoms with Gasteiger partial charge >= 0.3 is 0 Å². The highest BCUT2D eigenvalue weighted by Gasteiger charge is 2.13. The van der Waals surface area contributed by atoms with Gasteiger partial charge < -0.3 is 19.7 Å². The van der Waals surface area contributed by atoms with E-state index in [1.165, 1.54) is 0 Å². The van der Waals surface area contributed by atoms with Gasteiger partial charge in [-0.3, -0.25) is 4.79 Å². The second-order valence-electron chi connectivity index (χ2n) is 5.96. The molecule has 0 aromatic heterocycles. The molecule has 5 nitrogen and oxygen atoms in total. The largest absolute Gasteiger partial charge is 0.497 e. The van der Waals surface area contributed by atoms with Crippen LogP contribution in [-0.4, -0.2) is 26.0 Å². The molecular weight excluding hydrogens is 376 g/mol.